The van der Waals surface area contributed by atoms with E-state index in [1.165, 1.54) is 4.88 Å². The Kier molecular flexibility index (Phi) is 5.99. The van der Waals surface area contributed by atoms with Gasteiger partial charge in [-0.15, -0.1) is 11.3 Å². The molecule has 1 heterocycles. The van der Waals surface area contributed by atoms with Crippen LogP contribution < -0.4 is 40.0 Å². The standard InChI is InChI=1S/C19H18BrNO3S.Na/c20-16-6-5-15(25-16)12-9-14(12)21-17(22)10-19(18(23)24)8-7-11-3-1-2-4-13(11)19;/h1-6,12,14H,7-10H2,(H,21,22)(H,23,24);/q;+1/p-1/t12-,14-,19?;/m1./s1. The van der Waals surface area contributed by atoms with Crippen molar-refractivity contribution in [2.24, 2.45) is 0 Å². The van der Waals surface area contributed by atoms with Gasteiger partial charge in [0, 0.05) is 28.7 Å². The summed E-state index contributed by atoms with van der Waals surface area (Å²) in [6.07, 6.45) is 1.96. The van der Waals surface area contributed by atoms with Gasteiger partial charge in [0.15, 0.2) is 0 Å². The molecule has 0 aliphatic heterocycles. The van der Waals surface area contributed by atoms with Gasteiger partial charge in [-0.1, -0.05) is 24.3 Å². The number of carbonyl (C=O) groups excluding carboxylic acids is 2. The largest absolute Gasteiger partial charge is 1.00 e. The molecule has 0 radical (unpaired) electrons. The Morgan fingerprint density at radius 2 is 2.04 bits per heavy atom. The van der Waals surface area contributed by atoms with Crippen molar-refractivity contribution in [3.63, 3.8) is 0 Å². The number of nitrogens with one attached hydrogen (secondary N) is 1. The number of hydrogen-bond donors (Lipinski definition) is 1. The van der Waals surface area contributed by atoms with Gasteiger partial charge in [0.05, 0.1) is 9.76 Å². The van der Waals surface area contributed by atoms with Gasteiger partial charge in [0.2, 0.25) is 5.91 Å². The molecule has 7 heteroatoms. The summed E-state index contributed by atoms with van der Waals surface area (Å²) in [5, 5.41) is 14.9. The van der Waals surface area contributed by atoms with E-state index in [4.69, 9.17) is 0 Å². The Morgan fingerprint density at radius 3 is 2.73 bits per heavy atom. The van der Waals surface area contributed by atoms with Crippen LogP contribution in [0.2, 0.25) is 0 Å². The van der Waals surface area contributed by atoms with Crippen molar-refractivity contribution in [2.75, 3.05) is 0 Å². The summed E-state index contributed by atoms with van der Waals surface area (Å²) in [4.78, 5) is 25.7. The predicted octanol–water partition coefficient (Wildman–Crippen LogP) is -0.489. The van der Waals surface area contributed by atoms with Crippen LogP contribution in [0, 0.1) is 0 Å². The maximum absolute atomic E-state index is 12.5. The van der Waals surface area contributed by atoms with Gasteiger partial charge in [0.1, 0.15) is 0 Å². The zero-order valence-electron chi connectivity index (χ0n) is 14.5. The number of carboxylic acid groups (broad SMARTS) is 1. The molecule has 1 unspecified atom stereocenters. The smallest absolute Gasteiger partial charge is 0.549 e. The number of fused-ring (bicyclic) bond motifs is 1. The Labute approximate surface area is 186 Å². The first-order valence-corrected chi connectivity index (χ1v) is 9.95. The third-order valence-corrected chi connectivity index (χ3v) is 7.06. The summed E-state index contributed by atoms with van der Waals surface area (Å²) >= 11 is 5.13. The van der Waals surface area contributed by atoms with Crippen molar-refractivity contribution in [1.82, 2.24) is 5.32 Å². The number of aliphatic carboxylic acids is 1. The van der Waals surface area contributed by atoms with Gasteiger partial charge < -0.3 is 15.2 Å². The third kappa shape index (κ3) is 3.67. The third-order valence-electron chi connectivity index (χ3n) is 5.30. The summed E-state index contributed by atoms with van der Waals surface area (Å²) in [7, 11) is 0. The molecule has 4 rings (SSSR count). The molecule has 1 aromatic carbocycles. The molecule has 1 aromatic heterocycles. The second kappa shape index (κ2) is 7.76. The van der Waals surface area contributed by atoms with E-state index < -0.39 is 11.4 Å². The fourth-order valence-corrected chi connectivity index (χ4v) is 5.49. The minimum atomic E-state index is -1.20. The fourth-order valence-electron chi connectivity index (χ4n) is 3.88. The van der Waals surface area contributed by atoms with Crippen LogP contribution >= 0.6 is 27.3 Å². The average molecular weight is 442 g/mol. The Morgan fingerprint density at radius 1 is 1.27 bits per heavy atom. The molecular weight excluding hydrogens is 425 g/mol. The molecule has 2 aromatic rings. The van der Waals surface area contributed by atoms with E-state index in [1.807, 2.05) is 30.3 Å². The second-order valence-corrected chi connectivity index (χ2v) is 9.36. The van der Waals surface area contributed by atoms with Crippen molar-refractivity contribution < 1.29 is 44.3 Å². The van der Waals surface area contributed by atoms with Crippen molar-refractivity contribution >= 4 is 39.1 Å². The minimum Gasteiger partial charge on any atom is -0.549 e. The van der Waals surface area contributed by atoms with Crippen LogP contribution in [-0.2, 0) is 21.4 Å². The van der Waals surface area contributed by atoms with Crippen LogP contribution in [0.1, 0.15) is 41.2 Å². The SMILES string of the molecule is O=C(CC1(C(=O)[O-])CCc2ccccc21)N[C@@H]1C[C@H]1c1ccc(Br)s1.[Na+]. The summed E-state index contributed by atoms with van der Waals surface area (Å²) in [6.45, 7) is 0. The topological polar surface area (TPSA) is 69.2 Å². The normalized spacial score (nSPS) is 25.9. The van der Waals surface area contributed by atoms with E-state index in [-0.39, 0.29) is 47.9 Å². The molecular formula is C19H17BrNNaO3S. The summed E-state index contributed by atoms with van der Waals surface area (Å²) in [6, 6.07) is 11.7. The zero-order valence-corrected chi connectivity index (χ0v) is 18.9. The quantitative estimate of drug-likeness (QED) is 0.636. The van der Waals surface area contributed by atoms with Crippen LogP contribution in [-0.4, -0.2) is 17.9 Å². The van der Waals surface area contributed by atoms with E-state index in [0.717, 1.165) is 21.3 Å². The number of amides is 1. The molecule has 1 amide bonds. The summed E-state index contributed by atoms with van der Waals surface area (Å²) < 4.78 is 1.08. The van der Waals surface area contributed by atoms with Crippen molar-refractivity contribution in [3.05, 3.63) is 56.2 Å². The molecule has 4 nitrogen and oxygen atoms in total. The maximum atomic E-state index is 12.5. The molecule has 1 fully saturated rings. The van der Waals surface area contributed by atoms with Crippen LogP contribution in [0.15, 0.2) is 40.2 Å². The van der Waals surface area contributed by atoms with E-state index >= 15 is 0 Å². The van der Waals surface area contributed by atoms with Crippen LogP contribution in [0.5, 0.6) is 0 Å². The average Bonchev–Trinajstić information content (AvgIpc) is 3.02. The maximum Gasteiger partial charge on any atom is 1.00 e. The molecule has 1 saturated carbocycles. The number of halogens is 1. The molecule has 3 atom stereocenters. The predicted molar refractivity (Wildman–Crippen MR) is 97.4 cm³/mol. The first-order valence-electron chi connectivity index (χ1n) is 8.34. The minimum absolute atomic E-state index is 0. The van der Waals surface area contributed by atoms with Gasteiger partial charge in [-0.2, -0.15) is 0 Å². The van der Waals surface area contributed by atoms with Crippen LogP contribution in [0.25, 0.3) is 0 Å². The van der Waals surface area contributed by atoms with Gasteiger partial charge in [-0.25, -0.2) is 0 Å². The molecule has 0 saturated heterocycles. The van der Waals surface area contributed by atoms with E-state index in [2.05, 4.69) is 27.3 Å². The Hall–Kier alpha value is -0.660. The summed E-state index contributed by atoms with van der Waals surface area (Å²) in [5.74, 6) is -1.01. The van der Waals surface area contributed by atoms with Crippen molar-refractivity contribution in [3.8, 4) is 0 Å². The monoisotopic (exact) mass is 441 g/mol. The summed E-state index contributed by atoms with van der Waals surface area (Å²) in [5.41, 5.74) is 0.545. The molecule has 1 N–H and O–H groups in total. The molecule has 2 aliphatic carbocycles. The number of benzene rings is 1. The van der Waals surface area contributed by atoms with Gasteiger partial charge >= 0.3 is 29.6 Å². The van der Waals surface area contributed by atoms with E-state index in [1.54, 1.807) is 11.3 Å². The Balaban J connectivity index is 0.00000196. The first-order chi connectivity index (χ1) is 12.0. The first kappa shape index (κ1) is 20.1. The van der Waals surface area contributed by atoms with Gasteiger partial charge in [-0.3, -0.25) is 4.79 Å². The van der Waals surface area contributed by atoms with Gasteiger partial charge in [0.25, 0.3) is 0 Å². The number of thiophene rings is 1. The number of hydrogen-bond acceptors (Lipinski definition) is 4. The van der Waals surface area contributed by atoms with Crippen molar-refractivity contribution in [2.45, 2.75) is 43.1 Å². The van der Waals surface area contributed by atoms with Crippen LogP contribution in [0.3, 0.4) is 0 Å². The molecule has 130 valence electrons. The van der Waals surface area contributed by atoms with E-state index in [0.29, 0.717) is 18.8 Å². The number of aryl methyl sites for hydroxylation is 1. The van der Waals surface area contributed by atoms with Gasteiger partial charge in [-0.05, 0) is 58.5 Å². The molecule has 0 bridgehead atoms. The second-order valence-electron chi connectivity index (χ2n) is 6.86. The Bertz CT molecular complexity index is 855. The van der Waals surface area contributed by atoms with Crippen molar-refractivity contribution in [1.29, 1.82) is 0 Å². The number of carbonyl (C=O) groups is 2. The fraction of sp³-hybridized carbons (Fsp3) is 0.368. The van der Waals surface area contributed by atoms with E-state index in [9.17, 15) is 14.7 Å². The number of rotatable bonds is 5. The molecule has 0 spiro atoms. The number of carboxylic acids is 1. The molecule has 26 heavy (non-hydrogen) atoms. The van der Waals surface area contributed by atoms with Crippen LogP contribution in [0.4, 0.5) is 0 Å². The zero-order chi connectivity index (χ0) is 17.6. The molecule has 2 aliphatic rings.